The van der Waals surface area contributed by atoms with Gasteiger partial charge in [-0.15, -0.1) is 0 Å². The van der Waals surface area contributed by atoms with Crippen molar-refractivity contribution in [2.24, 2.45) is 5.73 Å². The maximum Gasteiger partial charge on any atom is 0.253 e. The Hall–Kier alpha value is -5.52. The zero-order valence-corrected chi connectivity index (χ0v) is 39.8. The number of piperidine rings is 4. The number of carbonyl (C=O) groups is 3. The molecule has 4 fully saturated rings. The van der Waals surface area contributed by atoms with Crippen LogP contribution in [-0.2, 0) is 20.9 Å². The summed E-state index contributed by atoms with van der Waals surface area (Å²) in [6, 6.07) is 20.7. The van der Waals surface area contributed by atoms with Crippen LogP contribution in [0.4, 0.5) is 14.6 Å². The number of fused-ring (bicyclic) bond motifs is 1. The highest BCUT2D eigenvalue weighted by Crippen LogP contribution is 2.32. The van der Waals surface area contributed by atoms with Gasteiger partial charge in [0.05, 0.1) is 35.7 Å². The third kappa shape index (κ3) is 11.9. The Morgan fingerprint density at radius 3 is 2.38 bits per heavy atom. The van der Waals surface area contributed by atoms with E-state index < -0.39 is 17.2 Å². The van der Waals surface area contributed by atoms with Gasteiger partial charge in [-0.2, -0.15) is 0 Å². The van der Waals surface area contributed by atoms with E-state index in [9.17, 15) is 23.2 Å². The summed E-state index contributed by atoms with van der Waals surface area (Å²) in [5.74, 6) is -0.513. The summed E-state index contributed by atoms with van der Waals surface area (Å²) in [6.07, 6.45) is 10.6. The summed E-state index contributed by atoms with van der Waals surface area (Å²) in [5.41, 5.74) is 9.66. The fourth-order valence-corrected chi connectivity index (χ4v) is 10.6. The van der Waals surface area contributed by atoms with Gasteiger partial charge in [-0.1, -0.05) is 41.9 Å². The predicted molar refractivity (Wildman–Crippen MR) is 262 cm³/mol. The molecule has 366 valence electrons. The number of halogens is 3. The Labute approximate surface area is 407 Å². The van der Waals surface area contributed by atoms with E-state index in [1.807, 2.05) is 70.6 Å². The standard InChI is InChI=1S/C52H63ClF2N10O4/c53-40-9-6-35(7-10-40)46(61-51(68)52(56)18-27-63(28-19-52)49-44-12-20-58-48(44)59-34-60-49)17-24-62-22-13-42(14-23-62)69-43-15-25-64(26-16-43)50(67)37-4-1-3-36(29-37)39-5-2-21-65(33-39)47(66)32-57-31-38-8-11-41(54)30-45(38)55/h1,3-4,6-12,20,29-30,34,39,42-43,46,57H,2,5,13-19,21-28,31-33,56H2,(H,61,68)(H,58,59,60)/t39?,46-/m0/s1. The molecular formula is C52H63ClF2N10O4. The minimum absolute atomic E-state index is 0.0155. The summed E-state index contributed by atoms with van der Waals surface area (Å²) in [5, 5.41) is 7.93. The van der Waals surface area contributed by atoms with Gasteiger partial charge in [0.15, 0.2) is 0 Å². The van der Waals surface area contributed by atoms with Crippen LogP contribution in [0.2, 0.25) is 5.02 Å². The van der Waals surface area contributed by atoms with Crippen molar-refractivity contribution in [1.82, 2.24) is 40.3 Å². The van der Waals surface area contributed by atoms with Crippen molar-refractivity contribution in [3.8, 4) is 0 Å². The normalized spacial score (nSPS) is 20.0. The number of benzene rings is 3. The van der Waals surface area contributed by atoms with E-state index >= 15 is 0 Å². The van der Waals surface area contributed by atoms with Crippen molar-refractivity contribution in [3.63, 3.8) is 0 Å². The van der Waals surface area contributed by atoms with Gasteiger partial charge in [0.1, 0.15) is 29.4 Å². The summed E-state index contributed by atoms with van der Waals surface area (Å²) < 4.78 is 34.0. The van der Waals surface area contributed by atoms with E-state index in [1.54, 1.807) is 6.33 Å². The number of hydrogen-bond donors (Lipinski definition) is 4. The van der Waals surface area contributed by atoms with Crippen molar-refractivity contribution in [3.05, 3.63) is 124 Å². The van der Waals surface area contributed by atoms with Crippen LogP contribution in [-0.4, -0.2) is 131 Å². The van der Waals surface area contributed by atoms with Gasteiger partial charge >= 0.3 is 0 Å². The quantitative estimate of drug-likeness (QED) is 0.0886. The van der Waals surface area contributed by atoms with Crippen LogP contribution < -0.4 is 21.3 Å². The van der Waals surface area contributed by atoms with E-state index in [-0.39, 0.29) is 55.0 Å². The highest BCUT2D eigenvalue weighted by molar-refractivity contribution is 6.30. The molecule has 5 aromatic rings. The molecule has 69 heavy (non-hydrogen) atoms. The fourth-order valence-electron chi connectivity index (χ4n) is 10.5. The van der Waals surface area contributed by atoms with Crippen molar-refractivity contribution < 1.29 is 27.9 Å². The Morgan fingerprint density at radius 1 is 0.870 bits per heavy atom. The van der Waals surface area contributed by atoms with Crippen LogP contribution >= 0.6 is 11.6 Å². The summed E-state index contributed by atoms with van der Waals surface area (Å²) >= 11 is 6.27. The number of nitrogens with zero attached hydrogens (tertiary/aromatic N) is 6. The molecule has 4 aliphatic heterocycles. The van der Waals surface area contributed by atoms with Crippen LogP contribution in [0.1, 0.15) is 96.8 Å². The van der Waals surface area contributed by atoms with E-state index in [4.69, 9.17) is 22.1 Å². The van der Waals surface area contributed by atoms with Crippen molar-refractivity contribution in [2.45, 2.75) is 94.0 Å². The number of H-pyrrole nitrogens is 1. The first kappa shape index (κ1) is 48.5. The molecule has 3 aromatic carbocycles. The maximum absolute atomic E-state index is 14.1. The average molecular weight is 966 g/mol. The van der Waals surface area contributed by atoms with E-state index in [0.29, 0.717) is 68.3 Å². The number of anilines is 1. The molecule has 0 radical (unpaired) electrons. The third-order valence-electron chi connectivity index (χ3n) is 14.7. The molecule has 0 aliphatic carbocycles. The number of likely N-dealkylation sites (tertiary alicyclic amines) is 3. The smallest absolute Gasteiger partial charge is 0.253 e. The number of carbonyl (C=O) groups excluding carboxylic acids is 3. The molecule has 14 nitrogen and oxygen atoms in total. The average Bonchev–Trinajstić information content (AvgIpc) is 3.87. The lowest BCUT2D eigenvalue weighted by Crippen LogP contribution is -2.60. The number of nitrogens with one attached hydrogen (secondary N) is 3. The minimum atomic E-state index is -1.00. The number of ether oxygens (including phenoxy) is 1. The van der Waals surface area contributed by atoms with Gasteiger partial charge in [-0.3, -0.25) is 14.4 Å². The van der Waals surface area contributed by atoms with E-state index in [0.717, 1.165) is 98.6 Å². The Bertz CT molecular complexity index is 2560. The minimum Gasteiger partial charge on any atom is -0.375 e. The molecule has 2 atom stereocenters. The first-order valence-electron chi connectivity index (χ1n) is 24.6. The molecular weight excluding hydrogens is 902 g/mol. The summed E-state index contributed by atoms with van der Waals surface area (Å²) in [4.78, 5) is 61.3. The maximum atomic E-state index is 14.1. The molecule has 9 rings (SSSR count). The number of nitrogens with two attached hydrogens (primary N) is 1. The highest BCUT2D eigenvalue weighted by atomic mass is 35.5. The van der Waals surface area contributed by atoms with Gasteiger partial charge in [0.2, 0.25) is 11.8 Å². The molecule has 4 aliphatic rings. The molecule has 3 amide bonds. The zero-order valence-electron chi connectivity index (χ0n) is 39.1. The second-order valence-electron chi connectivity index (χ2n) is 19.3. The number of aromatic nitrogens is 3. The SMILES string of the molecule is NC1(C(=O)N[C@@H](CCN2CCC(OC3CCN(C(=O)c4cccc(C5CCCN(C(=O)CNCc6ccc(F)cc6F)C5)c4)CC3)CC2)c2ccc(Cl)cc2)CCN(c2ncnc3[nH]ccc23)CC1. The van der Waals surface area contributed by atoms with Crippen LogP contribution in [0, 0.1) is 11.6 Å². The Kier molecular flexibility index (Phi) is 15.5. The molecule has 6 heterocycles. The second-order valence-corrected chi connectivity index (χ2v) is 19.7. The van der Waals surface area contributed by atoms with Crippen LogP contribution in [0.15, 0.2) is 85.3 Å². The lowest BCUT2D eigenvalue weighted by atomic mass is 9.86. The molecule has 0 spiro atoms. The Morgan fingerprint density at radius 2 is 1.62 bits per heavy atom. The van der Waals surface area contributed by atoms with Crippen molar-refractivity contribution >= 4 is 46.2 Å². The van der Waals surface area contributed by atoms with Gasteiger partial charge in [0.25, 0.3) is 5.91 Å². The second kappa shape index (κ2) is 22.1. The molecule has 1 unspecified atom stereocenters. The third-order valence-corrected chi connectivity index (χ3v) is 14.9. The van der Waals surface area contributed by atoms with Gasteiger partial charge in [0, 0.05) is 99.8 Å². The summed E-state index contributed by atoms with van der Waals surface area (Å²) in [7, 11) is 0. The molecule has 17 heteroatoms. The van der Waals surface area contributed by atoms with Gasteiger partial charge in [-0.05, 0) is 105 Å². The number of aromatic amines is 1. The van der Waals surface area contributed by atoms with Crippen LogP contribution in [0.25, 0.3) is 11.0 Å². The van der Waals surface area contributed by atoms with Crippen molar-refractivity contribution in [2.75, 3.05) is 70.3 Å². The molecule has 2 aromatic heterocycles. The lowest BCUT2D eigenvalue weighted by Gasteiger charge is -2.40. The molecule has 4 saturated heterocycles. The number of hydrogen-bond acceptors (Lipinski definition) is 10. The van der Waals surface area contributed by atoms with E-state index in [2.05, 4.69) is 35.4 Å². The van der Waals surface area contributed by atoms with Gasteiger partial charge < -0.3 is 45.7 Å². The zero-order chi connectivity index (χ0) is 47.9. The summed E-state index contributed by atoms with van der Waals surface area (Å²) in [6.45, 7) is 6.47. The number of amides is 3. The lowest BCUT2D eigenvalue weighted by molar-refractivity contribution is -0.131. The van der Waals surface area contributed by atoms with Crippen molar-refractivity contribution in [1.29, 1.82) is 0 Å². The topological polar surface area (TPSA) is 165 Å². The first-order chi connectivity index (χ1) is 33.5. The largest absolute Gasteiger partial charge is 0.375 e. The monoisotopic (exact) mass is 964 g/mol. The molecule has 5 N–H and O–H groups in total. The first-order valence-corrected chi connectivity index (χ1v) is 24.9. The fraction of sp³-hybridized carbons (Fsp3) is 0.481. The molecule has 0 saturated carbocycles. The van der Waals surface area contributed by atoms with E-state index in [1.165, 1.54) is 12.1 Å². The number of rotatable bonds is 15. The highest BCUT2D eigenvalue weighted by Gasteiger charge is 2.40. The Balaban J connectivity index is 0.703. The molecule has 0 bridgehead atoms. The van der Waals surface area contributed by atoms with Crippen LogP contribution in [0.5, 0.6) is 0 Å². The van der Waals surface area contributed by atoms with Crippen LogP contribution in [0.3, 0.4) is 0 Å². The predicted octanol–water partition coefficient (Wildman–Crippen LogP) is 6.72. The van der Waals surface area contributed by atoms with Gasteiger partial charge in [-0.25, -0.2) is 18.7 Å².